The number of phosphoric ester groups is 2. The van der Waals surface area contributed by atoms with Crippen LogP contribution in [0.25, 0.3) is 11.1 Å². The van der Waals surface area contributed by atoms with Crippen LogP contribution in [0.4, 0.5) is 0 Å². The number of ether oxygens (including phenoxy) is 1. The number of nitrogens with zero attached hydrogens (tertiary/aromatic N) is 1. The molecule has 0 aromatic heterocycles. The van der Waals surface area contributed by atoms with Crippen LogP contribution in [0.2, 0.25) is 0 Å². The summed E-state index contributed by atoms with van der Waals surface area (Å²) in [5, 5.41) is 0. The highest BCUT2D eigenvalue weighted by atomic mass is 31.2. The van der Waals surface area contributed by atoms with E-state index < -0.39 is 15.6 Å². The summed E-state index contributed by atoms with van der Waals surface area (Å²) in [4.78, 5) is 38.4. The van der Waals surface area contributed by atoms with Crippen molar-refractivity contribution in [2.75, 3.05) is 27.2 Å². The van der Waals surface area contributed by atoms with Gasteiger partial charge in [-0.3, -0.25) is 19.6 Å². The van der Waals surface area contributed by atoms with Crippen LogP contribution in [0.5, 0.6) is 17.2 Å². The summed E-state index contributed by atoms with van der Waals surface area (Å²) in [6, 6.07) is 20.4. The van der Waals surface area contributed by atoms with Crippen molar-refractivity contribution in [2.24, 2.45) is 0 Å². The first-order valence-electron chi connectivity index (χ1n) is 11.7. The van der Waals surface area contributed by atoms with Gasteiger partial charge in [0.1, 0.15) is 23.9 Å². The van der Waals surface area contributed by atoms with Crippen LogP contribution in [0, 0.1) is 0 Å². The van der Waals surface area contributed by atoms with E-state index in [1.54, 1.807) is 24.3 Å². The van der Waals surface area contributed by atoms with Gasteiger partial charge in [-0.2, -0.15) is 0 Å². The monoisotopic (exact) mass is 563 g/mol. The first-order chi connectivity index (χ1) is 17.8. The van der Waals surface area contributed by atoms with Crippen LogP contribution < -0.4 is 13.8 Å². The standard InChI is InChI=1S/C26H31NO9P2/c1-4-25(19-5-13-23(14-6-19)35-37(28,29)30)26(21-9-15-24(16-10-21)36-38(31,32)33)20-7-11-22(12-8-20)34-18-17-27(2)3/h5-16H,4,17-18H2,1-3H3,(H2,28,29,30)(H2,31,32,33). The fourth-order valence-corrected chi connectivity index (χ4v) is 4.57. The van der Waals surface area contributed by atoms with E-state index >= 15 is 0 Å². The van der Waals surface area contributed by atoms with E-state index in [2.05, 4.69) is 9.05 Å². The van der Waals surface area contributed by atoms with Crippen LogP contribution in [-0.2, 0) is 9.13 Å². The van der Waals surface area contributed by atoms with Gasteiger partial charge in [0.2, 0.25) is 0 Å². The van der Waals surface area contributed by atoms with Gasteiger partial charge in [0.15, 0.2) is 0 Å². The quantitative estimate of drug-likeness (QED) is 0.177. The molecule has 0 unspecified atom stereocenters. The molecular formula is C26H31NO9P2. The van der Waals surface area contributed by atoms with Gasteiger partial charge in [-0.15, -0.1) is 0 Å². The summed E-state index contributed by atoms with van der Waals surface area (Å²) in [6.45, 7) is 3.30. The van der Waals surface area contributed by atoms with Crippen molar-refractivity contribution in [3.8, 4) is 17.2 Å². The number of hydrogen-bond acceptors (Lipinski definition) is 6. The highest BCUT2D eigenvalue weighted by Crippen LogP contribution is 2.41. The van der Waals surface area contributed by atoms with E-state index in [4.69, 9.17) is 24.3 Å². The maximum absolute atomic E-state index is 11.2. The molecule has 4 N–H and O–H groups in total. The molecule has 0 spiro atoms. The Morgan fingerprint density at radius 2 is 1.08 bits per heavy atom. The molecule has 10 nitrogen and oxygen atoms in total. The molecule has 0 bridgehead atoms. The minimum Gasteiger partial charge on any atom is -0.492 e. The number of likely N-dealkylation sites (N-methyl/N-ethyl adjacent to an activating group) is 1. The van der Waals surface area contributed by atoms with E-state index in [0.29, 0.717) is 13.0 Å². The molecule has 0 aliphatic rings. The van der Waals surface area contributed by atoms with Crippen molar-refractivity contribution in [1.82, 2.24) is 4.90 Å². The Balaban J connectivity index is 2.05. The normalized spacial score (nSPS) is 12.7. The second-order valence-corrected chi connectivity index (χ2v) is 10.9. The minimum atomic E-state index is -4.69. The summed E-state index contributed by atoms with van der Waals surface area (Å²) >= 11 is 0. The Labute approximate surface area is 221 Å². The van der Waals surface area contributed by atoms with Crippen molar-refractivity contribution in [3.63, 3.8) is 0 Å². The third kappa shape index (κ3) is 9.11. The second kappa shape index (κ2) is 12.7. The Morgan fingerprint density at radius 1 is 0.684 bits per heavy atom. The van der Waals surface area contributed by atoms with Crippen molar-refractivity contribution in [1.29, 1.82) is 0 Å². The van der Waals surface area contributed by atoms with Crippen molar-refractivity contribution in [3.05, 3.63) is 89.5 Å². The van der Waals surface area contributed by atoms with Gasteiger partial charge < -0.3 is 18.7 Å². The largest absolute Gasteiger partial charge is 0.524 e. The zero-order valence-corrected chi connectivity index (χ0v) is 23.0. The predicted octanol–water partition coefficient (Wildman–Crippen LogP) is 4.94. The molecule has 38 heavy (non-hydrogen) atoms. The fraction of sp³-hybridized carbons (Fsp3) is 0.231. The van der Waals surface area contributed by atoms with E-state index in [0.717, 1.165) is 40.1 Å². The zero-order valence-electron chi connectivity index (χ0n) is 21.2. The molecule has 0 aliphatic heterocycles. The molecule has 0 fully saturated rings. The van der Waals surface area contributed by atoms with Crippen LogP contribution in [0.3, 0.4) is 0 Å². The van der Waals surface area contributed by atoms with Gasteiger partial charge in [-0.25, -0.2) is 9.13 Å². The lowest BCUT2D eigenvalue weighted by atomic mass is 9.88. The number of hydrogen-bond donors (Lipinski definition) is 4. The van der Waals surface area contributed by atoms with Gasteiger partial charge in [0.05, 0.1) is 0 Å². The third-order valence-electron chi connectivity index (χ3n) is 5.40. The van der Waals surface area contributed by atoms with Crippen LogP contribution in [0.15, 0.2) is 72.8 Å². The smallest absolute Gasteiger partial charge is 0.492 e. The van der Waals surface area contributed by atoms with Gasteiger partial charge in [-0.05, 0) is 84.8 Å². The number of rotatable bonds is 12. The van der Waals surface area contributed by atoms with Crippen molar-refractivity contribution < 1.29 is 42.5 Å². The molecule has 3 aromatic carbocycles. The Hall–Kier alpha value is -2.94. The van der Waals surface area contributed by atoms with Crippen molar-refractivity contribution >= 4 is 26.8 Å². The number of allylic oxidation sites excluding steroid dienone is 1. The lowest BCUT2D eigenvalue weighted by Gasteiger charge is -2.18. The molecule has 3 rings (SSSR count). The summed E-state index contributed by atoms with van der Waals surface area (Å²) in [5.74, 6) is 0.789. The lowest BCUT2D eigenvalue weighted by molar-refractivity contribution is 0.261. The van der Waals surface area contributed by atoms with E-state index in [9.17, 15) is 9.13 Å². The topological polar surface area (TPSA) is 146 Å². The first-order valence-corrected chi connectivity index (χ1v) is 14.7. The SMILES string of the molecule is CCC(=C(c1ccc(OCCN(C)C)cc1)c1ccc(OP(=O)(O)O)cc1)c1ccc(OP(=O)(O)O)cc1. The molecular weight excluding hydrogens is 532 g/mol. The Bertz CT molecular complexity index is 1330. The maximum atomic E-state index is 11.2. The van der Waals surface area contributed by atoms with E-state index in [1.807, 2.05) is 50.2 Å². The number of phosphoric acid groups is 2. The molecule has 0 atom stereocenters. The van der Waals surface area contributed by atoms with Gasteiger partial charge in [0, 0.05) is 6.54 Å². The summed E-state index contributed by atoms with van der Waals surface area (Å²) in [5.41, 5.74) is 4.25. The molecule has 3 aromatic rings. The molecule has 0 saturated heterocycles. The average Bonchev–Trinajstić information content (AvgIpc) is 2.82. The van der Waals surface area contributed by atoms with Crippen LogP contribution in [0.1, 0.15) is 30.0 Å². The molecule has 0 saturated carbocycles. The van der Waals surface area contributed by atoms with Crippen LogP contribution >= 0.6 is 15.6 Å². The number of benzene rings is 3. The molecule has 0 aliphatic carbocycles. The van der Waals surface area contributed by atoms with E-state index in [1.165, 1.54) is 24.3 Å². The summed E-state index contributed by atoms with van der Waals surface area (Å²) in [6.07, 6.45) is 0.607. The summed E-state index contributed by atoms with van der Waals surface area (Å²) in [7, 11) is -5.44. The molecule has 0 radical (unpaired) electrons. The second-order valence-electron chi connectivity index (χ2n) is 8.60. The summed E-state index contributed by atoms with van der Waals surface area (Å²) < 4.78 is 37.6. The zero-order chi connectivity index (χ0) is 27.9. The Morgan fingerprint density at radius 3 is 1.45 bits per heavy atom. The van der Waals surface area contributed by atoms with Gasteiger partial charge >= 0.3 is 15.6 Å². The fourth-order valence-electron chi connectivity index (χ4n) is 3.78. The van der Waals surface area contributed by atoms with Crippen LogP contribution in [-0.4, -0.2) is 51.7 Å². The highest BCUT2D eigenvalue weighted by molar-refractivity contribution is 7.47. The minimum absolute atomic E-state index is 0.0306. The van der Waals surface area contributed by atoms with Gasteiger partial charge in [0.25, 0.3) is 0 Å². The molecule has 0 amide bonds. The predicted molar refractivity (Wildman–Crippen MR) is 145 cm³/mol. The first kappa shape index (κ1) is 29.6. The molecule has 12 heteroatoms. The van der Waals surface area contributed by atoms with Crippen molar-refractivity contribution in [2.45, 2.75) is 13.3 Å². The third-order valence-corrected chi connectivity index (χ3v) is 6.30. The lowest BCUT2D eigenvalue weighted by Crippen LogP contribution is -2.19. The average molecular weight is 563 g/mol. The van der Waals surface area contributed by atoms with Gasteiger partial charge in [-0.1, -0.05) is 43.3 Å². The molecule has 0 heterocycles. The Kier molecular flexibility index (Phi) is 9.93. The molecule has 204 valence electrons. The van der Waals surface area contributed by atoms with E-state index in [-0.39, 0.29) is 11.5 Å². The highest BCUT2D eigenvalue weighted by Gasteiger charge is 2.19. The maximum Gasteiger partial charge on any atom is 0.524 e.